The third-order valence-electron chi connectivity index (χ3n) is 4.25. The van der Waals surface area contributed by atoms with Crippen LogP contribution in [0.25, 0.3) is 0 Å². The average molecular weight is 378 g/mol. The minimum Gasteiger partial charge on any atom is -0.347 e. The first kappa shape index (κ1) is 19.7. The molecule has 0 unspecified atom stereocenters. The van der Waals surface area contributed by atoms with Gasteiger partial charge < -0.3 is 5.32 Å². The van der Waals surface area contributed by atoms with E-state index < -0.39 is 34.6 Å². The fraction of sp³-hybridized carbons (Fsp3) is 0.562. The van der Waals surface area contributed by atoms with Gasteiger partial charge in [0.1, 0.15) is 6.54 Å². The number of halogens is 3. The lowest BCUT2D eigenvalue weighted by Crippen LogP contribution is -2.44. The van der Waals surface area contributed by atoms with Crippen molar-refractivity contribution in [3.05, 3.63) is 29.3 Å². The highest BCUT2D eigenvalue weighted by Crippen LogP contribution is 2.26. The highest BCUT2D eigenvalue weighted by Gasteiger charge is 2.34. The number of piperidine rings is 1. The summed E-state index contributed by atoms with van der Waals surface area (Å²) in [4.78, 5) is 12.0. The lowest BCUT2D eigenvalue weighted by atomic mass is 9.97. The Morgan fingerprint density at radius 1 is 1.24 bits per heavy atom. The van der Waals surface area contributed by atoms with Crippen LogP contribution in [0.15, 0.2) is 23.1 Å². The van der Waals surface area contributed by atoms with Crippen molar-refractivity contribution >= 4 is 15.9 Å². The van der Waals surface area contributed by atoms with Gasteiger partial charge in [-0.15, -0.1) is 0 Å². The van der Waals surface area contributed by atoms with E-state index in [1.165, 1.54) is 4.31 Å². The highest BCUT2D eigenvalue weighted by atomic mass is 32.2. The number of carbonyl (C=O) groups excluding carboxylic acids is 1. The van der Waals surface area contributed by atoms with E-state index in [1.807, 2.05) is 11.4 Å². The number of hydrogen-bond acceptors (Lipinski definition) is 3. The SMILES string of the molecule is Cc1ccc(C)c(S(=O)(=O)N2CCC(C(=O)NCC(F)(F)F)CC2)c1. The van der Waals surface area contributed by atoms with Crippen LogP contribution in [0.1, 0.15) is 24.0 Å². The molecule has 25 heavy (non-hydrogen) atoms. The topological polar surface area (TPSA) is 66.5 Å². The predicted octanol–water partition coefficient (Wildman–Crippen LogP) is 2.38. The summed E-state index contributed by atoms with van der Waals surface area (Å²) >= 11 is 0. The molecule has 0 aromatic heterocycles. The number of nitrogens with one attached hydrogen (secondary N) is 1. The summed E-state index contributed by atoms with van der Waals surface area (Å²) in [6, 6.07) is 5.16. The second-order valence-electron chi connectivity index (χ2n) is 6.28. The van der Waals surface area contributed by atoms with Gasteiger partial charge in [0.15, 0.2) is 0 Å². The van der Waals surface area contributed by atoms with E-state index in [0.29, 0.717) is 5.56 Å². The molecule has 0 bridgehead atoms. The van der Waals surface area contributed by atoms with Crippen molar-refractivity contribution < 1.29 is 26.4 Å². The van der Waals surface area contributed by atoms with Crippen molar-refractivity contribution in [3.8, 4) is 0 Å². The first-order chi connectivity index (χ1) is 11.5. The summed E-state index contributed by atoms with van der Waals surface area (Å²) in [5.41, 5.74) is 1.46. The molecule has 0 radical (unpaired) electrons. The first-order valence-corrected chi connectivity index (χ1v) is 9.36. The molecule has 5 nitrogen and oxygen atoms in total. The molecular formula is C16H21F3N2O3S. The lowest BCUT2D eigenvalue weighted by molar-refractivity contribution is -0.141. The van der Waals surface area contributed by atoms with Gasteiger partial charge in [0.05, 0.1) is 4.90 Å². The number of hydrogen-bond donors (Lipinski definition) is 1. The summed E-state index contributed by atoms with van der Waals surface area (Å²) in [7, 11) is -3.68. The molecule has 1 aromatic carbocycles. The lowest BCUT2D eigenvalue weighted by Gasteiger charge is -2.31. The fourth-order valence-electron chi connectivity index (χ4n) is 2.81. The van der Waals surface area contributed by atoms with Crippen molar-refractivity contribution in [1.82, 2.24) is 9.62 Å². The standard InChI is InChI=1S/C16H21F3N2O3S/c1-11-3-4-12(2)14(9-11)25(23,24)21-7-5-13(6-8-21)15(22)20-10-16(17,18)19/h3-4,9,13H,5-8,10H2,1-2H3,(H,20,22). The number of sulfonamides is 1. The summed E-state index contributed by atoms with van der Waals surface area (Å²) in [5.74, 6) is -1.28. The number of rotatable bonds is 4. The average Bonchev–Trinajstić information content (AvgIpc) is 2.54. The Hall–Kier alpha value is -1.61. The Bertz CT molecular complexity index is 739. The molecule has 140 valence electrons. The van der Waals surface area contributed by atoms with E-state index in [1.54, 1.807) is 26.0 Å². The number of aryl methyl sites for hydroxylation is 2. The molecule has 1 fully saturated rings. The van der Waals surface area contributed by atoms with Crippen molar-refractivity contribution in [2.45, 2.75) is 37.8 Å². The van der Waals surface area contributed by atoms with E-state index >= 15 is 0 Å². The Balaban J connectivity index is 2.02. The van der Waals surface area contributed by atoms with Crippen LogP contribution >= 0.6 is 0 Å². The van der Waals surface area contributed by atoms with Gasteiger partial charge in [-0.3, -0.25) is 4.79 Å². The van der Waals surface area contributed by atoms with Gasteiger partial charge >= 0.3 is 6.18 Å². The maximum atomic E-state index is 12.8. The summed E-state index contributed by atoms with van der Waals surface area (Å²) in [5, 5.41) is 1.86. The maximum absolute atomic E-state index is 12.8. The van der Waals surface area contributed by atoms with Crippen LogP contribution < -0.4 is 5.32 Å². The number of nitrogens with zero attached hydrogens (tertiary/aromatic N) is 1. The van der Waals surface area contributed by atoms with Crippen LogP contribution in [-0.4, -0.2) is 44.4 Å². The van der Waals surface area contributed by atoms with Crippen molar-refractivity contribution in [2.75, 3.05) is 19.6 Å². The zero-order valence-corrected chi connectivity index (χ0v) is 14.9. The Morgan fingerprint density at radius 2 is 1.84 bits per heavy atom. The Morgan fingerprint density at radius 3 is 2.40 bits per heavy atom. The zero-order chi connectivity index (χ0) is 18.8. The van der Waals surface area contributed by atoms with Crippen molar-refractivity contribution in [2.24, 2.45) is 5.92 Å². The van der Waals surface area contributed by atoms with Crippen LogP contribution in [0.5, 0.6) is 0 Å². The number of benzene rings is 1. The molecular weight excluding hydrogens is 357 g/mol. The molecule has 1 aliphatic rings. The second-order valence-corrected chi connectivity index (χ2v) is 8.19. The van der Waals surface area contributed by atoms with E-state index in [-0.39, 0.29) is 30.8 Å². The molecule has 0 saturated carbocycles. The van der Waals surface area contributed by atoms with Gasteiger partial charge in [0, 0.05) is 19.0 Å². The Labute approximate surface area is 145 Å². The molecule has 0 spiro atoms. The molecule has 9 heteroatoms. The van der Waals surface area contributed by atoms with E-state index in [4.69, 9.17) is 0 Å². The van der Waals surface area contributed by atoms with E-state index in [9.17, 15) is 26.4 Å². The molecule has 0 aliphatic carbocycles. The molecule has 1 heterocycles. The monoisotopic (exact) mass is 378 g/mol. The number of carbonyl (C=O) groups is 1. The van der Waals surface area contributed by atoms with Crippen molar-refractivity contribution in [1.29, 1.82) is 0 Å². The van der Waals surface area contributed by atoms with Crippen LogP contribution in [0.4, 0.5) is 13.2 Å². The summed E-state index contributed by atoms with van der Waals surface area (Å²) < 4.78 is 63.3. The third-order valence-corrected chi connectivity index (χ3v) is 6.29. The molecule has 1 amide bonds. The van der Waals surface area contributed by atoms with Crippen molar-refractivity contribution in [3.63, 3.8) is 0 Å². The van der Waals surface area contributed by atoms with Crippen LogP contribution in [0.3, 0.4) is 0 Å². The molecule has 0 atom stereocenters. The van der Waals surface area contributed by atoms with Gasteiger partial charge in [-0.1, -0.05) is 12.1 Å². The maximum Gasteiger partial charge on any atom is 0.405 e. The van der Waals surface area contributed by atoms with Crippen LogP contribution in [-0.2, 0) is 14.8 Å². The first-order valence-electron chi connectivity index (χ1n) is 7.92. The molecule has 1 aliphatic heterocycles. The van der Waals surface area contributed by atoms with Crippen LogP contribution in [0, 0.1) is 19.8 Å². The molecule has 1 aromatic rings. The van der Waals surface area contributed by atoms with Gasteiger partial charge in [-0.25, -0.2) is 8.42 Å². The minimum atomic E-state index is -4.46. The second kappa shape index (κ2) is 7.33. The van der Waals surface area contributed by atoms with Gasteiger partial charge in [0.2, 0.25) is 15.9 Å². The van der Waals surface area contributed by atoms with Gasteiger partial charge in [-0.2, -0.15) is 17.5 Å². The van der Waals surface area contributed by atoms with Gasteiger partial charge in [0.25, 0.3) is 0 Å². The fourth-order valence-corrected chi connectivity index (χ4v) is 4.59. The quantitative estimate of drug-likeness (QED) is 0.875. The molecule has 1 N–H and O–H groups in total. The predicted molar refractivity (Wildman–Crippen MR) is 86.5 cm³/mol. The molecule has 2 rings (SSSR count). The Kier molecular flexibility index (Phi) is 5.78. The number of amides is 1. The van der Waals surface area contributed by atoms with Gasteiger partial charge in [-0.05, 0) is 43.9 Å². The summed E-state index contributed by atoms with van der Waals surface area (Å²) in [6.45, 7) is 2.37. The molecule has 1 saturated heterocycles. The smallest absolute Gasteiger partial charge is 0.347 e. The third kappa shape index (κ3) is 4.94. The largest absolute Gasteiger partial charge is 0.405 e. The number of alkyl halides is 3. The van der Waals surface area contributed by atoms with E-state index in [2.05, 4.69) is 0 Å². The van der Waals surface area contributed by atoms with E-state index in [0.717, 1.165) is 5.56 Å². The summed E-state index contributed by atoms with van der Waals surface area (Å²) in [6.07, 6.45) is -4.05. The minimum absolute atomic E-state index is 0.111. The van der Waals surface area contributed by atoms with Crippen LogP contribution in [0.2, 0.25) is 0 Å². The normalized spacial score (nSPS) is 17.5. The zero-order valence-electron chi connectivity index (χ0n) is 14.1. The highest BCUT2D eigenvalue weighted by molar-refractivity contribution is 7.89.